The van der Waals surface area contributed by atoms with Crippen LogP contribution in [0, 0.1) is 0 Å². The van der Waals surface area contributed by atoms with Crippen molar-refractivity contribution in [3.05, 3.63) is 35.4 Å². The van der Waals surface area contributed by atoms with E-state index in [2.05, 4.69) is 48.4 Å². The highest BCUT2D eigenvalue weighted by molar-refractivity contribution is 8.13. The van der Waals surface area contributed by atoms with Crippen molar-refractivity contribution in [2.75, 3.05) is 14.1 Å². The maximum Gasteiger partial charge on any atom is 0.156 e. The largest absolute Gasteiger partial charge is 0.368 e. The molecule has 1 N–H and O–H groups in total. The van der Waals surface area contributed by atoms with Crippen LogP contribution in [0.1, 0.15) is 30.9 Å². The second kappa shape index (κ2) is 6.59. The lowest BCUT2D eigenvalue weighted by molar-refractivity contribution is 0.866. The Balaban J connectivity index is 2.56. The maximum absolute atomic E-state index is 4.14. The van der Waals surface area contributed by atoms with Crippen LogP contribution in [-0.2, 0) is 5.75 Å². The molecule has 0 amide bonds. The summed E-state index contributed by atoms with van der Waals surface area (Å²) in [6, 6.07) is 8.82. The fraction of sp³-hybridized carbons (Fsp3) is 0.462. The molecule has 88 valence electrons. The Morgan fingerprint density at radius 1 is 1.31 bits per heavy atom. The third-order valence-corrected chi connectivity index (χ3v) is 3.58. The van der Waals surface area contributed by atoms with Crippen LogP contribution in [0.2, 0.25) is 0 Å². The first-order valence-electron chi connectivity index (χ1n) is 5.53. The Bertz CT molecular complexity index is 341. The van der Waals surface area contributed by atoms with Gasteiger partial charge in [-0.2, -0.15) is 0 Å². The van der Waals surface area contributed by atoms with Gasteiger partial charge >= 0.3 is 0 Å². The number of hydrogen-bond acceptors (Lipinski definition) is 2. The van der Waals surface area contributed by atoms with E-state index in [1.807, 2.05) is 7.05 Å². The molecular formula is C13H20N2S. The number of amidine groups is 1. The molecule has 0 aromatic heterocycles. The first-order valence-corrected chi connectivity index (χ1v) is 6.52. The smallest absolute Gasteiger partial charge is 0.156 e. The summed E-state index contributed by atoms with van der Waals surface area (Å²) in [6.45, 7) is 4.43. The maximum atomic E-state index is 4.14. The number of hydrogen-bond donors (Lipinski definition) is 1. The van der Waals surface area contributed by atoms with Crippen LogP contribution in [0.4, 0.5) is 0 Å². The summed E-state index contributed by atoms with van der Waals surface area (Å²) in [5.74, 6) is 1.57. The second-order valence-electron chi connectivity index (χ2n) is 3.96. The SMILES string of the molecule is CN=C(NC)SCc1ccc(C(C)C)cc1. The predicted molar refractivity (Wildman–Crippen MR) is 74.2 cm³/mol. The van der Waals surface area contributed by atoms with Crippen LogP contribution in [0.25, 0.3) is 0 Å². The second-order valence-corrected chi connectivity index (χ2v) is 4.93. The molecule has 0 radical (unpaired) electrons. The van der Waals surface area contributed by atoms with Gasteiger partial charge < -0.3 is 5.32 Å². The van der Waals surface area contributed by atoms with E-state index < -0.39 is 0 Å². The fourth-order valence-electron chi connectivity index (χ4n) is 1.40. The lowest BCUT2D eigenvalue weighted by Crippen LogP contribution is -2.13. The van der Waals surface area contributed by atoms with Gasteiger partial charge in [0.25, 0.3) is 0 Å². The highest BCUT2D eigenvalue weighted by Gasteiger charge is 2.00. The Kier molecular flexibility index (Phi) is 5.39. The highest BCUT2D eigenvalue weighted by Crippen LogP contribution is 2.18. The Hall–Kier alpha value is -0.960. The molecule has 0 heterocycles. The molecular weight excluding hydrogens is 216 g/mol. The molecule has 16 heavy (non-hydrogen) atoms. The lowest BCUT2D eigenvalue weighted by atomic mass is 10.0. The minimum atomic E-state index is 0.603. The Morgan fingerprint density at radius 2 is 1.94 bits per heavy atom. The van der Waals surface area contributed by atoms with Gasteiger partial charge in [-0.3, -0.25) is 4.99 Å². The average molecular weight is 236 g/mol. The molecule has 0 aliphatic rings. The summed E-state index contributed by atoms with van der Waals surface area (Å²) >= 11 is 1.73. The molecule has 1 aromatic rings. The fourth-order valence-corrected chi connectivity index (χ4v) is 2.17. The summed E-state index contributed by atoms with van der Waals surface area (Å²) in [6.07, 6.45) is 0. The molecule has 0 bridgehead atoms. The zero-order chi connectivity index (χ0) is 12.0. The standard InChI is InChI=1S/C13H20N2S/c1-10(2)12-7-5-11(6-8-12)9-16-13(14-3)15-4/h5-8,10H,9H2,1-4H3,(H,14,15). The number of thioether (sulfide) groups is 1. The van der Waals surface area contributed by atoms with Crippen molar-refractivity contribution < 1.29 is 0 Å². The topological polar surface area (TPSA) is 24.4 Å². The van der Waals surface area contributed by atoms with E-state index >= 15 is 0 Å². The van der Waals surface area contributed by atoms with E-state index in [4.69, 9.17) is 0 Å². The monoisotopic (exact) mass is 236 g/mol. The van der Waals surface area contributed by atoms with Gasteiger partial charge in [-0.05, 0) is 17.0 Å². The van der Waals surface area contributed by atoms with Gasteiger partial charge in [-0.15, -0.1) is 0 Å². The minimum Gasteiger partial charge on any atom is -0.368 e. The van der Waals surface area contributed by atoms with Crippen LogP contribution >= 0.6 is 11.8 Å². The van der Waals surface area contributed by atoms with Gasteiger partial charge in [-0.25, -0.2) is 0 Å². The molecule has 2 nitrogen and oxygen atoms in total. The number of nitrogens with one attached hydrogen (secondary N) is 1. The molecule has 0 aliphatic heterocycles. The van der Waals surface area contributed by atoms with E-state index in [1.54, 1.807) is 18.8 Å². The third-order valence-electron chi connectivity index (χ3n) is 2.44. The van der Waals surface area contributed by atoms with Gasteiger partial charge in [0.2, 0.25) is 0 Å². The summed E-state index contributed by atoms with van der Waals surface area (Å²) in [5, 5.41) is 4.04. The van der Waals surface area contributed by atoms with E-state index in [-0.39, 0.29) is 0 Å². The van der Waals surface area contributed by atoms with E-state index in [1.165, 1.54) is 11.1 Å². The Morgan fingerprint density at radius 3 is 2.38 bits per heavy atom. The van der Waals surface area contributed by atoms with Crippen molar-refractivity contribution in [1.29, 1.82) is 0 Å². The molecule has 1 aromatic carbocycles. The van der Waals surface area contributed by atoms with Crippen molar-refractivity contribution in [3.8, 4) is 0 Å². The lowest BCUT2D eigenvalue weighted by Gasteiger charge is -2.07. The molecule has 0 saturated heterocycles. The van der Waals surface area contributed by atoms with E-state index in [0.717, 1.165) is 10.9 Å². The normalized spacial score (nSPS) is 11.9. The van der Waals surface area contributed by atoms with Crippen LogP contribution in [0.3, 0.4) is 0 Å². The zero-order valence-corrected chi connectivity index (χ0v) is 11.3. The Labute approximate surface area is 103 Å². The van der Waals surface area contributed by atoms with Gasteiger partial charge in [0, 0.05) is 19.8 Å². The zero-order valence-electron chi connectivity index (χ0n) is 10.4. The molecule has 0 atom stereocenters. The molecule has 0 spiro atoms. The van der Waals surface area contributed by atoms with Crippen LogP contribution in [0.5, 0.6) is 0 Å². The van der Waals surface area contributed by atoms with Gasteiger partial charge in [-0.1, -0.05) is 49.9 Å². The van der Waals surface area contributed by atoms with Crippen molar-refractivity contribution in [3.63, 3.8) is 0 Å². The first kappa shape index (κ1) is 13.1. The number of rotatable bonds is 3. The molecule has 0 unspecified atom stereocenters. The van der Waals surface area contributed by atoms with Crippen LogP contribution < -0.4 is 5.32 Å². The summed E-state index contributed by atoms with van der Waals surface area (Å²) in [5.41, 5.74) is 2.73. The summed E-state index contributed by atoms with van der Waals surface area (Å²) in [4.78, 5) is 4.14. The predicted octanol–water partition coefficient (Wildman–Crippen LogP) is 3.25. The summed E-state index contributed by atoms with van der Waals surface area (Å²) in [7, 11) is 3.71. The molecule has 0 saturated carbocycles. The molecule has 1 rings (SSSR count). The van der Waals surface area contributed by atoms with Gasteiger partial charge in [0.15, 0.2) is 5.17 Å². The highest BCUT2D eigenvalue weighted by atomic mass is 32.2. The molecule has 0 fully saturated rings. The van der Waals surface area contributed by atoms with Crippen molar-refractivity contribution in [2.24, 2.45) is 4.99 Å². The third kappa shape index (κ3) is 3.89. The van der Waals surface area contributed by atoms with Crippen LogP contribution in [0.15, 0.2) is 29.3 Å². The van der Waals surface area contributed by atoms with E-state index in [0.29, 0.717) is 5.92 Å². The van der Waals surface area contributed by atoms with Gasteiger partial charge in [0.05, 0.1) is 0 Å². The van der Waals surface area contributed by atoms with Crippen molar-refractivity contribution >= 4 is 16.9 Å². The number of benzene rings is 1. The van der Waals surface area contributed by atoms with Crippen molar-refractivity contribution in [2.45, 2.75) is 25.5 Å². The quantitative estimate of drug-likeness (QED) is 0.643. The number of nitrogens with zero attached hydrogens (tertiary/aromatic N) is 1. The summed E-state index contributed by atoms with van der Waals surface area (Å²) < 4.78 is 0. The average Bonchev–Trinajstić information content (AvgIpc) is 2.31. The van der Waals surface area contributed by atoms with Crippen molar-refractivity contribution in [1.82, 2.24) is 5.32 Å². The first-order chi connectivity index (χ1) is 7.67. The number of aliphatic imine (C=N–C) groups is 1. The van der Waals surface area contributed by atoms with E-state index in [9.17, 15) is 0 Å². The van der Waals surface area contributed by atoms with Gasteiger partial charge in [0.1, 0.15) is 0 Å². The molecule has 0 aliphatic carbocycles. The molecule has 3 heteroatoms. The minimum absolute atomic E-state index is 0.603. The van der Waals surface area contributed by atoms with Crippen LogP contribution in [-0.4, -0.2) is 19.3 Å².